The average molecular weight is 287 g/mol. The minimum atomic E-state index is 0.0569. The number of carbonyl (C=O) groups excluding carboxylic acids is 1. The smallest absolute Gasteiger partial charge is 0.257 e. The fourth-order valence-electron chi connectivity index (χ4n) is 3.01. The summed E-state index contributed by atoms with van der Waals surface area (Å²) in [5.74, 6) is 0.938. The van der Waals surface area contributed by atoms with E-state index < -0.39 is 0 Å². The van der Waals surface area contributed by atoms with Gasteiger partial charge in [0.1, 0.15) is 5.76 Å². The van der Waals surface area contributed by atoms with Crippen LogP contribution in [0.15, 0.2) is 29.0 Å². The summed E-state index contributed by atoms with van der Waals surface area (Å²) < 4.78 is 7.35. The normalized spacial score (nSPS) is 18.4. The van der Waals surface area contributed by atoms with Gasteiger partial charge in [-0.3, -0.25) is 9.48 Å². The Bertz CT molecular complexity index is 616. The van der Waals surface area contributed by atoms with Crippen molar-refractivity contribution in [2.75, 3.05) is 6.54 Å². The molecule has 112 valence electrons. The Morgan fingerprint density at radius 1 is 1.52 bits per heavy atom. The molecule has 0 unspecified atom stereocenters. The van der Waals surface area contributed by atoms with Gasteiger partial charge in [0.25, 0.3) is 5.91 Å². The van der Waals surface area contributed by atoms with Gasteiger partial charge in [-0.2, -0.15) is 5.10 Å². The molecule has 0 radical (unpaired) electrons. The van der Waals surface area contributed by atoms with Crippen LogP contribution in [0.3, 0.4) is 0 Å². The van der Waals surface area contributed by atoms with Crippen molar-refractivity contribution in [3.05, 3.63) is 41.6 Å². The molecule has 0 spiro atoms. The van der Waals surface area contributed by atoms with Crippen molar-refractivity contribution in [1.82, 2.24) is 14.7 Å². The zero-order valence-electron chi connectivity index (χ0n) is 12.6. The van der Waals surface area contributed by atoms with Gasteiger partial charge in [0, 0.05) is 19.3 Å². The molecule has 2 aromatic heterocycles. The van der Waals surface area contributed by atoms with Crippen molar-refractivity contribution in [1.29, 1.82) is 0 Å². The second-order valence-electron chi connectivity index (χ2n) is 5.56. The van der Waals surface area contributed by atoms with Crippen molar-refractivity contribution in [2.45, 2.75) is 45.7 Å². The van der Waals surface area contributed by atoms with E-state index in [1.54, 1.807) is 6.26 Å². The summed E-state index contributed by atoms with van der Waals surface area (Å²) in [6.07, 6.45) is 6.52. The van der Waals surface area contributed by atoms with Gasteiger partial charge in [-0.1, -0.05) is 6.92 Å². The van der Waals surface area contributed by atoms with Crippen LogP contribution in [0.2, 0.25) is 0 Å². The third kappa shape index (κ3) is 2.60. The van der Waals surface area contributed by atoms with Crippen LogP contribution in [-0.4, -0.2) is 27.1 Å². The van der Waals surface area contributed by atoms with Gasteiger partial charge in [-0.05, 0) is 38.3 Å². The summed E-state index contributed by atoms with van der Waals surface area (Å²) in [5, 5.41) is 4.43. The van der Waals surface area contributed by atoms with E-state index in [2.05, 4.69) is 12.0 Å². The molecule has 5 nitrogen and oxygen atoms in total. The van der Waals surface area contributed by atoms with E-state index in [4.69, 9.17) is 4.42 Å². The lowest BCUT2D eigenvalue weighted by Crippen LogP contribution is -2.30. The Hall–Kier alpha value is -2.04. The second kappa shape index (κ2) is 5.76. The number of aromatic nitrogens is 2. The predicted molar refractivity (Wildman–Crippen MR) is 79.0 cm³/mol. The van der Waals surface area contributed by atoms with Gasteiger partial charge >= 0.3 is 0 Å². The molecule has 5 heteroatoms. The van der Waals surface area contributed by atoms with E-state index in [0.29, 0.717) is 5.56 Å². The number of hydrogen-bond donors (Lipinski definition) is 0. The molecule has 0 bridgehead atoms. The third-order valence-electron chi connectivity index (χ3n) is 4.01. The number of rotatable bonds is 4. The Labute approximate surface area is 124 Å². The van der Waals surface area contributed by atoms with Crippen LogP contribution in [-0.2, 0) is 6.54 Å². The van der Waals surface area contributed by atoms with Crippen LogP contribution < -0.4 is 0 Å². The summed E-state index contributed by atoms with van der Waals surface area (Å²) in [6.45, 7) is 5.63. The topological polar surface area (TPSA) is 51.3 Å². The molecule has 1 fully saturated rings. The first-order valence-corrected chi connectivity index (χ1v) is 7.59. The SMILES string of the molecule is CCCn1cc(C(=O)N2CCC[C@H]2c2ccco2)c(C)n1. The molecule has 1 atom stereocenters. The van der Waals surface area contributed by atoms with E-state index in [-0.39, 0.29) is 11.9 Å². The van der Waals surface area contributed by atoms with Gasteiger partial charge in [0.05, 0.1) is 23.6 Å². The lowest BCUT2D eigenvalue weighted by atomic mass is 10.1. The Balaban J connectivity index is 1.84. The molecule has 3 rings (SSSR count). The van der Waals surface area contributed by atoms with E-state index in [1.165, 1.54) is 0 Å². The molecule has 0 N–H and O–H groups in total. The Morgan fingerprint density at radius 3 is 3.10 bits per heavy atom. The summed E-state index contributed by atoms with van der Waals surface area (Å²) in [6, 6.07) is 3.88. The number of amides is 1. The number of aryl methyl sites for hydroxylation is 2. The summed E-state index contributed by atoms with van der Waals surface area (Å²) in [5.41, 5.74) is 1.51. The highest BCUT2D eigenvalue weighted by Crippen LogP contribution is 2.33. The van der Waals surface area contributed by atoms with Gasteiger partial charge < -0.3 is 9.32 Å². The second-order valence-corrected chi connectivity index (χ2v) is 5.56. The van der Waals surface area contributed by atoms with Gasteiger partial charge in [-0.25, -0.2) is 0 Å². The van der Waals surface area contributed by atoms with Crippen molar-refractivity contribution in [3.63, 3.8) is 0 Å². The molecule has 0 saturated carbocycles. The lowest BCUT2D eigenvalue weighted by Gasteiger charge is -2.22. The molecule has 0 aliphatic carbocycles. The average Bonchev–Trinajstić information content (AvgIpc) is 3.18. The summed E-state index contributed by atoms with van der Waals surface area (Å²) >= 11 is 0. The summed E-state index contributed by atoms with van der Waals surface area (Å²) in [4.78, 5) is 14.7. The maximum Gasteiger partial charge on any atom is 0.257 e. The van der Waals surface area contributed by atoms with Crippen molar-refractivity contribution < 1.29 is 9.21 Å². The van der Waals surface area contributed by atoms with Crippen LogP contribution in [0.4, 0.5) is 0 Å². The number of nitrogens with zero attached hydrogens (tertiary/aromatic N) is 3. The zero-order valence-corrected chi connectivity index (χ0v) is 12.6. The van der Waals surface area contributed by atoms with Crippen LogP contribution in [0.25, 0.3) is 0 Å². The first-order valence-electron chi connectivity index (χ1n) is 7.59. The zero-order chi connectivity index (χ0) is 14.8. The number of furan rings is 1. The highest BCUT2D eigenvalue weighted by molar-refractivity contribution is 5.95. The van der Waals surface area contributed by atoms with Crippen molar-refractivity contribution in [3.8, 4) is 0 Å². The maximum absolute atomic E-state index is 12.8. The first-order chi connectivity index (χ1) is 10.2. The van der Waals surface area contributed by atoms with Crippen LogP contribution in [0, 0.1) is 6.92 Å². The fraction of sp³-hybridized carbons (Fsp3) is 0.500. The molecule has 3 heterocycles. The first kappa shape index (κ1) is 13.9. The molecule has 1 aliphatic rings. The Morgan fingerprint density at radius 2 is 2.38 bits per heavy atom. The highest BCUT2D eigenvalue weighted by Gasteiger charge is 2.33. The molecular weight excluding hydrogens is 266 g/mol. The molecule has 21 heavy (non-hydrogen) atoms. The van der Waals surface area contributed by atoms with Crippen LogP contribution in [0.5, 0.6) is 0 Å². The molecule has 0 aromatic carbocycles. The predicted octanol–water partition coefficient (Wildman–Crippen LogP) is 3.17. The molecule has 1 saturated heterocycles. The van der Waals surface area contributed by atoms with Crippen molar-refractivity contribution >= 4 is 5.91 Å². The number of hydrogen-bond acceptors (Lipinski definition) is 3. The minimum absolute atomic E-state index is 0.0569. The monoisotopic (exact) mass is 287 g/mol. The largest absolute Gasteiger partial charge is 0.467 e. The van der Waals surface area contributed by atoms with Crippen LogP contribution in [0.1, 0.15) is 54.0 Å². The van der Waals surface area contributed by atoms with Gasteiger partial charge in [0.15, 0.2) is 0 Å². The quantitative estimate of drug-likeness (QED) is 0.868. The maximum atomic E-state index is 12.8. The van der Waals surface area contributed by atoms with Gasteiger partial charge in [0.2, 0.25) is 0 Å². The molecular formula is C16H21N3O2. The highest BCUT2D eigenvalue weighted by atomic mass is 16.3. The number of likely N-dealkylation sites (tertiary alicyclic amines) is 1. The molecule has 1 amide bonds. The number of carbonyl (C=O) groups is 1. The third-order valence-corrected chi connectivity index (χ3v) is 4.01. The van der Waals surface area contributed by atoms with Crippen molar-refractivity contribution in [2.24, 2.45) is 0 Å². The molecule has 1 aliphatic heterocycles. The van der Waals surface area contributed by atoms with E-state index >= 15 is 0 Å². The summed E-state index contributed by atoms with van der Waals surface area (Å²) in [7, 11) is 0. The van der Waals surface area contributed by atoms with E-state index in [1.807, 2.05) is 34.8 Å². The van der Waals surface area contributed by atoms with Gasteiger partial charge in [-0.15, -0.1) is 0 Å². The van der Waals surface area contributed by atoms with E-state index in [9.17, 15) is 4.79 Å². The molecule has 2 aromatic rings. The standard InChI is InChI=1S/C16H21N3O2/c1-3-8-18-11-13(12(2)17-18)16(20)19-9-4-6-14(19)15-7-5-10-21-15/h5,7,10-11,14H,3-4,6,8-9H2,1-2H3/t14-/m0/s1. The van der Waals surface area contributed by atoms with E-state index in [0.717, 1.165) is 43.8 Å². The minimum Gasteiger partial charge on any atom is -0.467 e. The van der Waals surface area contributed by atoms with Crippen LogP contribution >= 0.6 is 0 Å². The Kier molecular flexibility index (Phi) is 3.82. The fourth-order valence-corrected chi connectivity index (χ4v) is 3.01. The lowest BCUT2D eigenvalue weighted by molar-refractivity contribution is 0.0719.